The zero-order chi connectivity index (χ0) is 24.1. The van der Waals surface area contributed by atoms with Crippen LogP contribution in [0.1, 0.15) is 11.1 Å². The summed E-state index contributed by atoms with van der Waals surface area (Å²) >= 11 is 0. The van der Waals surface area contributed by atoms with E-state index in [9.17, 15) is 13.2 Å². The number of imidazole rings is 1. The van der Waals surface area contributed by atoms with Crippen molar-refractivity contribution >= 4 is 28.4 Å². The van der Waals surface area contributed by atoms with Gasteiger partial charge in [0.15, 0.2) is 11.6 Å². The van der Waals surface area contributed by atoms with Gasteiger partial charge in [0.1, 0.15) is 5.75 Å². The van der Waals surface area contributed by atoms with Gasteiger partial charge < -0.3 is 14.4 Å². The summed E-state index contributed by atoms with van der Waals surface area (Å²) in [5.41, 5.74) is 2.29. The number of nitrogens with zero attached hydrogens (tertiary/aromatic N) is 5. The van der Waals surface area contributed by atoms with Crippen LogP contribution in [0.15, 0.2) is 84.5 Å². The highest BCUT2D eigenvalue weighted by atomic mass is 35.5. The molecule has 4 aromatic rings. The van der Waals surface area contributed by atoms with Gasteiger partial charge in [-0.2, -0.15) is 9.40 Å². The van der Waals surface area contributed by atoms with Gasteiger partial charge >= 0.3 is 5.97 Å². The van der Waals surface area contributed by atoms with Crippen LogP contribution in [0.4, 0.5) is 0 Å². The van der Waals surface area contributed by atoms with Gasteiger partial charge in [-0.15, -0.1) is 12.4 Å². The van der Waals surface area contributed by atoms with E-state index < -0.39 is 22.6 Å². The Morgan fingerprint density at radius 2 is 1.83 bits per heavy atom. The van der Waals surface area contributed by atoms with Crippen LogP contribution in [0.5, 0.6) is 5.75 Å². The van der Waals surface area contributed by atoms with Crippen molar-refractivity contribution in [2.45, 2.75) is 18.1 Å². The fourth-order valence-corrected chi connectivity index (χ4v) is 4.72. The van der Waals surface area contributed by atoms with Gasteiger partial charge in [0, 0.05) is 38.7 Å². The highest BCUT2D eigenvalue weighted by Crippen LogP contribution is 2.22. The molecule has 10 nitrogen and oxygen atoms in total. The van der Waals surface area contributed by atoms with Crippen molar-refractivity contribution in [2.24, 2.45) is 7.05 Å². The summed E-state index contributed by atoms with van der Waals surface area (Å²) in [6.07, 6.45) is 6.40. The van der Waals surface area contributed by atoms with Gasteiger partial charge in [-0.1, -0.05) is 24.3 Å². The highest BCUT2D eigenvalue weighted by molar-refractivity contribution is 7.89. The molecule has 35 heavy (non-hydrogen) atoms. The third-order valence-electron chi connectivity index (χ3n) is 4.97. The number of carboxylic acid groups (broad SMARTS) is 1. The van der Waals surface area contributed by atoms with E-state index in [1.807, 2.05) is 36.5 Å². The molecule has 12 heteroatoms. The first kappa shape index (κ1) is 25.9. The number of aliphatic carboxylic acids is 1. The van der Waals surface area contributed by atoms with Gasteiger partial charge in [0.25, 0.3) is 10.0 Å². The molecule has 0 aliphatic heterocycles. The third kappa shape index (κ3) is 6.47. The summed E-state index contributed by atoms with van der Waals surface area (Å²) in [5.74, 6) is -0.748. The van der Waals surface area contributed by atoms with Gasteiger partial charge in [-0.25, -0.2) is 22.9 Å². The normalized spacial score (nSPS) is 11.3. The van der Waals surface area contributed by atoms with Gasteiger partial charge in [-0.3, -0.25) is 0 Å². The van der Waals surface area contributed by atoms with Crippen molar-refractivity contribution in [3.63, 3.8) is 0 Å². The first-order valence-electron chi connectivity index (χ1n) is 10.3. The zero-order valence-electron chi connectivity index (χ0n) is 18.8. The molecule has 0 unspecified atom stereocenters. The van der Waals surface area contributed by atoms with Crippen molar-refractivity contribution < 1.29 is 23.1 Å². The van der Waals surface area contributed by atoms with Crippen LogP contribution in [0, 0.1) is 0 Å². The highest BCUT2D eigenvalue weighted by Gasteiger charge is 2.27. The molecule has 4 rings (SSSR count). The molecule has 184 valence electrons. The van der Waals surface area contributed by atoms with Crippen LogP contribution in [-0.2, 0) is 35.0 Å². The maximum Gasteiger partial charge on any atom is 0.341 e. The van der Waals surface area contributed by atoms with E-state index >= 15 is 0 Å². The van der Waals surface area contributed by atoms with E-state index in [4.69, 9.17) is 9.84 Å². The second-order valence-corrected chi connectivity index (χ2v) is 9.48. The quantitative estimate of drug-likeness (QED) is 0.343. The molecule has 0 saturated carbocycles. The van der Waals surface area contributed by atoms with Crippen molar-refractivity contribution in [2.75, 3.05) is 6.61 Å². The summed E-state index contributed by atoms with van der Waals surface area (Å²) in [6.45, 7) is -0.329. The molecular weight excluding hydrogens is 494 g/mol. The largest absolute Gasteiger partial charge is 0.482 e. The number of hydrogen-bond donors (Lipinski definition) is 1. The van der Waals surface area contributed by atoms with E-state index in [1.54, 1.807) is 46.8 Å². The Balaban J connectivity index is 0.00000342. The third-order valence-corrected chi connectivity index (χ3v) is 6.65. The molecule has 0 aliphatic rings. The Labute approximate surface area is 208 Å². The fraction of sp³-hybridized carbons (Fsp3) is 0.174. The lowest BCUT2D eigenvalue weighted by Crippen LogP contribution is -2.30. The lowest BCUT2D eigenvalue weighted by atomic mass is 10.2. The molecule has 0 amide bonds. The second-order valence-electron chi connectivity index (χ2n) is 7.60. The molecular formula is C23H24ClN5O5S. The predicted molar refractivity (Wildman–Crippen MR) is 130 cm³/mol. The topological polar surface area (TPSA) is 120 Å². The molecule has 0 saturated heterocycles. The number of hydrogen-bond acceptors (Lipinski definition) is 6. The molecule has 2 aromatic heterocycles. The maximum atomic E-state index is 13.4. The molecule has 0 aliphatic carbocycles. The van der Waals surface area contributed by atoms with Gasteiger partial charge in [-0.05, 0) is 41.5 Å². The van der Waals surface area contributed by atoms with E-state index in [2.05, 4.69) is 10.1 Å². The average Bonchev–Trinajstić information content (AvgIpc) is 3.50. The number of sulfonamides is 1. The number of carbonyl (C=O) groups is 1. The lowest BCUT2D eigenvalue weighted by Gasteiger charge is -2.22. The first-order valence-corrected chi connectivity index (χ1v) is 11.8. The monoisotopic (exact) mass is 517 g/mol. The van der Waals surface area contributed by atoms with Crippen LogP contribution in [-0.4, -0.2) is 49.7 Å². The van der Waals surface area contributed by atoms with Crippen LogP contribution in [0.25, 0.3) is 5.69 Å². The minimum absolute atomic E-state index is 0. The van der Waals surface area contributed by atoms with Crippen LogP contribution < -0.4 is 4.74 Å². The van der Waals surface area contributed by atoms with Crippen molar-refractivity contribution in [3.05, 3.63) is 90.6 Å². The van der Waals surface area contributed by atoms with Crippen molar-refractivity contribution in [3.8, 4) is 11.4 Å². The number of carboxylic acids is 1. The second kappa shape index (κ2) is 11.2. The Hall–Kier alpha value is -3.67. The van der Waals surface area contributed by atoms with E-state index in [1.165, 1.54) is 16.8 Å². The molecule has 2 aromatic carbocycles. The van der Waals surface area contributed by atoms with Crippen LogP contribution >= 0.6 is 12.4 Å². The first-order chi connectivity index (χ1) is 16.3. The Kier molecular flexibility index (Phi) is 8.28. The number of aryl methyl sites for hydroxylation is 1. The van der Waals surface area contributed by atoms with Crippen molar-refractivity contribution in [1.29, 1.82) is 0 Å². The molecule has 0 radical (unpaired) electrons. The predicted octanol–water partition coefficient (Wildman–Crippen LogP) is 2.88. The van der Waals surface area contributed by atoms with Crippen LogP contribution in [0.2, 0.25) is 0 Å². The summed E-state index contributed by atoms with van der Waals surface area (Å²) in [7, 11) is -2.22. The number of benzene rings is 2. The number of halogens is 1. The van der Waals surface area contributed by atoms with E-state index in [-0.39, 0.29) is 30.5 Å². The van der Waals surface area contributed by atoms with Crippen molar-refractivity contribution in [1.82, 2.24) is 23.6 Å². The standard InChI is InChI=1S/C23H23N5O5S.ClH/c1-26-15-22(24-17-26)34(31,32)27(14-19-4-2-5-21(12-19)33-16-23(29)30)13-18-6-8-20(9-7-18)28-11-3-10-25-28;/h2-12,15,17H,13-14,16H2,1H3,(H,29,30);1H. The Bertz CT molecular complexity index is 1370. The number of ether oxygens (including phenoxy) is 1. The van der Waals surface area contributed by atoms with Gasteiger partial charge in [0.2, 0.25) is 0 Å². The summed E-state index contributed by atoms with van der Waals surface area (Å²) in [4.78, 5) is 14.8. The lowest BCUT2D eigenvalue weighted by molar-refractivity contribution is -0.139. The molecule has 0 fully saturated rings. The SMILES string of the molecule is Cl.Cn1cnc(S(=O)(=O)N(Cc2ccc(-n3cccn3)cc2)Cc2cccc(OCC(=O)O)c2)c1. The molecule has 1 N–H and O–H groups in total. The zero-order valence-corrected chi connectivity index (χ0v) is 20.4. The molecule has 0 atom stereocenters. The van der Waals surface area contributed by atoms with E-state index in [0.717, 1.165) is 11.3 Å². The molecule has 0 spiro atoms. The van der Waals surface area contributed by atoms with Gasteiger partial charge in [0.05, 0.1) is 12.0 Å². The summed E-state index contributed by atoms with van der Waals surface area (Å²) < 4.78 is 36.7. The summed E-state index contributed by atoms with van der Waals surface area (Å²) in [5, 5.41) is 13.0. The van der Waals surface area contributed by atoms with E-state index in [0.29, 0.717) is 11.3 Å². The number of aromatic nitrogens is 4. The Morgan fingerprint density at radius 1 is 1.09 bits per heavy atom. The fourth-order valence-electron chi connectivity index (χ4n) is 3.34. The minimum Gasteiger partial charge on any atom is -0.482 e. The average molecular weight is 518 g/mol. The summed E-state index contributed by atoms with van der Waals surface area (Å²) in [6, 6.07) is 16.0. The van der Waals surface area contributed by atoms with Crippen LogP contribution in [0.3, 0.4) is 0 Å². The molecule has 2 heterocycles. The smallest absolute Gasteiger partial charge is 0.341 e. The Morgan fingerprint density at radius 3 is 2.46 bits per heavy atom. The minimum atomic E-state index is -3.92. The molecule has 0 bridgehead atoms. The maximum absolute atomic E-state index is 13.4. The number of rotatable bonds is 10.